The van der Waals surface area contributed by atoms with Crippen molar-refractivity contribution in [2.24, 2.45) is 0 Å². The Kier molecular flexibility index (Phi) is 27.0. The molecule has 0 bridgehead atoms. The van der Waals surface area contributed by atoms with Gasteiger partial charge in [-0.05, 0) is 127 Å². The van der Waals surface area contributed by atoms with E-state index >= 15 is 0 Å². The molecular formula is C69H78IO3P3S+2. The van der Waals surface area contributed by atoms with Crippen LogP contribution < -0.4 is 47.7 Å². The average Bonchev–Trinajstić information content (AvgIpc) is 3.50. The summed E-state index contributed by atoms with van der Waals surface area (Å²) >= 11 is 2.41. The first kappa shape index (κ1) is 61.1. The maximum absolute atomic E-state index is 11.2. The van der Waals surface area contributed by atoms with E-state index in [4.69, 9.17) is 4.18 Å². The molecule has 0 N–H and O–H groups in total. The van der Waals surface area contributed by atoms with Crippen molar-refractivity contribution in [2.45, 2.75) is 65.2 Å². The van der Waals surface area contributed by atoms with E-state index in [0.717, 1.165) is 18.8 Å². The van der Waals surface area contributed by atoms with E-state index in [0.29, 0.717) is 6.42 Å². The third kappa shape index (κ3) is 18.8. The minimum atomic E-state index is -3.39. The van der Waals surface area contributed by atoms with Crippen molar-refractivity contribution in [1.82, 2.24) is 0 Å². The quantitative estimate of drug-likeness (QED) is 0.0223. The fourth-order valence-electron chi connectivity index (χ4n) is 9.55. The first-order valence-corrected chi connectivity index (χ1v) is 35.9. The lowest BCUT2D eigenvalue weighted by atomic mass is 10.3. The van der Waals surface area contributed by atoms with Gasteiger partial charge in [-0.2, -0.15) is 8.42 Å². The third-order valence-corrected chi connectivity index (χ3v) is 26.1. The average molecular weight is 1210 g/mol. The molecule has 0 radical (unpaired) electrons. The van der Waals surface area contributed by atoms with Gasteiger partial charge in [-0.1, -0.05) is 262 Å². The third-order valence-electron chi connectivity index (χ3n) is 13.2. The zero-order valence-corrected chi connectivity index (χ0v) is 51.0. The molecule has 0 aliphatic carbocycles. The van der Waals surface area contributed by atoms with Crippen molar-refractivity contribution in [3.8, 4) is 0 Å². The van der Waals surface area contributed by atoms with E-state index < -0.39 is 32.6 Å². The molecule has 0 amide bonds. The van der Waals surface area contributed by atoms with Crippen LogP contribution in [0.15, 0.2) is 273 Å². The van der Waals surface area contributed by atoms with Gasteiger partial charge < -0.3 is 0 Å². The van der Waals surface area contributed by atoms with Crippen LogP contribution >= 0.6 is 45.0 Å². The van der Waals surface area contributed by atoms with Crippen LogP contribution in [0.3, 0.4) is 0 Å². The van der Waals surface area contributed by atoms with Crippen LogP contribution in [0.25, 0.3) is 0 Å². The normalized spacial score (nSPS) is 11.2. The van der Waals surface area contributed by atoms with Gasteiger partial charge >= 0.3 is 0 Å². The zero-order valence-electron chi connectivity index (χ0n) is 45.3. The van der Waals surface area contributed by atoms with Crippen molar-refractivity contribution in [3.63, 3.8) is 0 Å². The van der Waals surface area contributed by atoms with Crippen LogP contribution in [0.2, 0.25) is 0 Å². The summed E-state index contributed by atoms with van der Waals surface area (Å²) in [6.45, 7) is 4.75. The predicted molar refractivity (Wildman–Crippen MR) is 353 cm³/mol. The SMILES string of the molecule is CCCCCI.CCCCC[P+](c1ccccc1)(c1ccccc1)c1ccccc1.CS(=O)(=O)OCCCC[P+](c1ccccc1)(c1ccccc1)c1ccccc1.c1ccc(P(c2ccccc2)c2ccccc2)cc1. The summed E-state index contributed by atoms with van der Waals surface area (Å²) < 4.78 is 28.8. The highest BCUT2D eigenvalue weighted by Gasteiger charge is 2.45. The molecule has 0 saturated carbocycles. The van der Waals surface area contributed by atoms with Gasteiger partial charge in [0.1, 0.15) is 46.4 Å². The van der Waals surface area contributed by atoms with Crippen molar-refractivity contribution in [3.05, 3.63) is 273 Å². The molecule has 0 aliphatic heterocycles. The monoisotopic (exact) mass is 1210 g/mol. The molecule has 77 heavy (non-hydrogen) atoms. The van der Waals surface area contributed by atoms with Crippen molar-refractivity contribution >= 4 is 103 Å². The summed E-state index contributed by atoms with van der Waals surface area (Å²) in [5, 5.41) is 12.7. The van der Waals surface area contributed by atoms with Crippen LogP contribution in [0.5, 0.6) is 0 Å². The number of rotatable bonds is 22. The lowest BCUT2D eigenvalue weighted by Crippen LogP contribution is -2.33. The van der Waals surface area contributed by atoms with Crippen LogP contribution in [0.4, 0.5) is 0 Å². The van der Waals surface area contributed by atoms with Crippen LogP contribution in [0, 0.1) is 0 Å². The molecule has 3 nitrogen and oxygen atoms in total. The molecule has 9 aromatic rings. The van der Waals surface area contributed by atoms with Gasteiger partial charge in [-0.3, -0.25) is 4.18 Å². The summed E-state index contributed by atoms with van der Waals surface area (Å²) in [4.78, 5) is 0. The fraction of sp³-hybridized carbons (Fsp3) is 0.217. The Morgan fingerprint density at radius 3 is 0.805 bits per heavy atom. The molecule has 0 saturated heterocycles. The Hall–Kier alpha value is -5.09. The second-order valence-electron chi connectivity index (χ2n) is 18.8. The van der Waals surface area contributed by atoms with Crippen molar-refractivity contribution in [1.29, 1.82) is 0 Å². The van der Waals surface area contributed by atoms with E-state index in [1.807, 2.05) is 18.2 Å². The van der Waals surface area contributed by atoms with Gasteiger partial charge in [0.25, 0.3) is 10.1 Å². The molecule has 0 spiro atoms. The minimum absolute atomic E-state index is 0.233. The molecule has 9 aromatic carbocycles. The number of hydrogen-bond donors (Lipinski definition) is 0. The molecule has 0 fully saturated rings. The summed E-state index contributed by atoms with van der Waals surface area (Å²) in [6, 6.07) is 97.9. The highest BCUT2D eigenvalue weighted by atomic mass is 127. The topological polar surface area (TPSA) is 43.4 Å². The lowest BCUT2D eigenvalue weighted by molar-refractivity contribution is 0.314. The minimum Gasteiger partial charge on any atom is -0.270 e. The largest absolute Gasteiger partial charge is 0.270 e. The standard InChI is InChI=1S/C23H26O3PS.C23H26P.C18H15P.C5H11I/c1-28(24,25)26-19-11-12-20-27(21-13-5-2-6-14-21,22-15-7-3-8-16-22)23-17-9-4-10-18-23;1-2-3-13-20-24(21-14-7-4-8-15-21,22-16-9-5-10-17-22)23-18-11-6-12-19-23;1-4-10-16(11-5-1)19(17-12-6-2-7-13-17)18-14-8-3-9-15-18;1-2-3-4-5-6/h2-10,13-18H,11-12,19-20H2,1H3;4-12,14-19H,2-3,13,20H2,1H3;1-15H;2-5H2,1H3/q2*+1;;. The number of alkyl halides is 1. The molecule has 0 unspecified atom stereocenters. The van der Waals surface area contributed by atoms with E-state index in [2.05, 4.69) is 291 Å². The number of halogens is 1. The lowest BCUT2D eigenvalue weighted by Gasteiger charge is -2.27. The van der Waals surface area contributed by atoms with E-state index in [1.54, 1.807) is 0 Å². The molecule has 0 aromatic heterocycles. The highest BCUT2D eigenvalue weighted by molar-refractivity contribution is 14.1. The molecule has 398 valence electrons. The Morgan fingerprint density at radius 1 is 0.351 bits per heavy atom. The molecule has 9 rings (SSSR count). The van der Waals surface area contributed by atoms with Gasteiger partial charge in [0, 0.05) is 0 Å². The second-order valence-corrected chi connectivity index (χ2v) is 30.9. The molecule has 8 heteroatoms. The summed E-state index contributed by atoms with van der Waals surface area (Å²) in [7, 11) is -7.26. The Bertz CT molecular complexity index is 2740. The van der Waals surface area contributed by atoms with E-state index in [-0.39, 0.29) is 6.61 Å². The van der Waals surface area contributed by atoms with Crippen molar-refractivity contribution < 1.29 is 12.6 Å². The first-order valence-electron chi connectivity index (χ1n) is 27.2. The highest BCUT2D eigenvalue weighted by Crippen LogP contribution is 2.57. The molecular weight excluding hydrogens is 1130 g/mol. The smallest absolute Gasteiger partial charge is 0.264 e. The van der Waals surface area contributed by atoms with Crippen LogP contribution in [-0.2, 0) is 14.3 Å². The second kappa shape index (κ2) is 34.0. The summed E-state index contributed by atoms with van der Waals surface area (Å²) in [6.07, 6.45) is 12.9. The fourth-order valence-corrected chi connectivity index (χ4v) is 21.6. The van der Waals surface area contributed by atoms with Gasteiger partial charge in [0.15, 0.2) is 0 Å². The van der Waals surface area contributed by atoms with Gasteiger partial charge in [-0.15, -0.1) is 0 Å². The number of hydrogen-bond acceptors (Lipinski definition) is 3. The molecule has 0 atom stereocenters. The van der Waals surface area contributed by atoms with Crippen LogP contribution in [0.1, 0.15) is 65.2 Å². The maximum Gasteiger partial charge on any atom is 0.264 e. The van der Waals surface area contributed by atoms with E-state index in [9.17, 15) is 8.42 Å². The van der Waals surface area contributed by atoms with E-state index in [1.165, 1.54) is 96.9 Å². The van der Waals surface area contributed by atoms with Crippen LogP contribution in [-0.4, -0.2) is 38.0 Å². The first-order chi connectivity index (χ1) is 37.8. The molecule has 0 heterocycles. The van der Waals surface area contributed by atoms with Gasteiger partial charge in [0.05, 0.1) is 25.2 Å². The predicted octanol–water partition coefficient (Wildman–Crippen LogP) is 15.0. The Labute approximate surface area is 479 Å². The van der Waals surface area contributed by atoms with Crippen molar-refractivity contribution in [2.75, 3.05) is 29.6 Å². The Balaban J connectivity index is 0.000000180. The number of benzene rings is 9. The number of unbranched alkanes of at least 4 members (excludes halogenated alkanes) is 5. The zero-order chi connectivity index (χ0) is 54.3. The summed E-state index contributed by atoms with van der Waals surface area (Å²) in [5.41, 5.74) is 0. The summed E-state index contributed by atoms with van der Waals surface area (Å²) in [5.74, 6) is 0. The Morgan fingerprint density at radius 2 is 0.584 bits per heavy atom. The van der Waals surface area contributed by atoms with Gasteiger partial charge in [-0.25, -0.2) is 0 Å². The van der Waals surface area contributed by atoms with Gasteiger partial charge in [0.2, 0.25) is 0 Å². The maximum atomic E-state index is 11.2. The molecule has 0 aliphatic rings.